The molecule has 1 heterocycles. The minimum Gasteiger partial charge on any atom is -0.308 e. The Morgan fingerprint density at radius 2 is 1.57 bits per heavy atom. The molecule has 0 atom stereocenters. The van der Waals surface area contributed by atoms with Crippen LogP contribution in [-0.2, 0) is 22.5 Å². The lowest BCUT2D eigenvalue weighted by Crippen LogP contribution is -2.21. The highest BCUT2D eigenvalue weighted by Gasteiger charge is 2.30. The number of alkyl halides is 3. The molecule has 0 bridgehead atoms. The third-order valence-corrected chi connectivity index (χ3v) is 6.17. The van der Waals surface area contributed by atoms with Crippen molar-refractivity contribution >= 4 is 64.4 Å². The Morgan fingerprint density at radius 3 is 2.17 bits per heavy atom. The third kappa shape index (κ3) is 7.52. The number of urea groups is 1. The van der Waals surface area contributed by atoms with Crippen LogP contribution >= 0.6 is 24.0 Å². The summed E-state index contributed by atoms with van der Waals surface area (Å²) in [4.78, 5) is 49.7. The molecule has 9 nitrogen and oxygen atoms in total. The molecule has 0 fully saturated rings. The number of hydrogen-bond donors (Lipinski definition) is 2. The fourth-order valence-electron chi connectivity index (χ4n) is 4.07. The monoisotopic (exact) mass is 624 g/mol. The van der Waals surface area contributed by atoms with Crippen molar-refractivity contribution in [1.82, 2.24) is 9.47 Å². The van der Waals surface area contributed by atoms with Crippen molar-refractivity contribution in [3.05, 3.63) is 94.1 Å². The van der Waals surface area contributed by atoms with Crippen molar-refractivity contribution in [2.45, 2.75) is 19.6 Å². The maximum Gasteiger partial charge on any atom is 0.461 e. The van der Waals surface area contributed by atoms with Crippen molar-refractivity contribution in [2.24, 2.45) is 0 Å². The largest absolute Gasteiger partial charge is 0.461 e. The molecule has 2 N–H and O–H groups in total. The molecule has 222 valence electrons. The van der Waals surface area contributed by atoms with Gasteiger partial charge in [-0.15, -0.1) is 12.4 Å². The van der Waals surface area contributed by atoms with Crippen LogP contribution in [0.25, 0.3) is 10.9 Å². The van der Waals surface area contributed by atoms with Gasteiger partial charge in [-0.05, 0) is 81.2 Å². The average Bonchev–Trinajstić information content (AvgIpc) is 3.17. The topological polar surface area (TPSA) is 102 Å². The summed E-state index contributed by atoms with van der Waals surface area (Å²) >= 11 is 6.14. The van der Waals surface area contributed by atoms with Gasteiger partial charge in [0.2, 0.25) is 0 Å². The quantitative estimate of drug-likeness (QED) is 0.176. The number of nitrogens with zero attached hydrogens (tertiary/aromatic N) is 2. The number of nitrogens with one attached hydrogen (secondary N) is 2. The molecule has 0 saturated carbocycles. The van der Waals surface area contributed by atoms with Gasteiger partial charge in [0.15, 0.2) is 0 Å². The van der Waals surface area contributed by atoms with Gasteiger partial charge in [0.1, 0.15) is 0 Å². The van der Waals surface area contributed by atoms with E-state index in [1.54, 1.807) is 24.3 Å². The summed E-state index contributed by atoms with van der Waals surface area (Å²) in [5, 5.41) is 5.69. The molecule has 1 aromatic heterocycles. The standard InChI is InChI=1S/C28H24ClF3N4O5.ClH/c1-16-24(34-26(38)33-21-11-8-19(9-12-21)28(30,31)32)22-14-20(29)10-13-23(22)36(16)27(39)41-40-25(37)18-6-4-17(5-7-18)15-35(2)3;/h4-14H,15H2,1-3H3,(H2,33,34,38);1H. The van der Waals surface area contributed by atoms with Gasteiger partial charge in [-0.25, -0.2) is 28.7 Å². The second-order valence-corrected chi connectivity index (χ2v) is 9.70. The van der Waals surface area contributed by atoms with Gasteiger partial charge in [0, 0.05) is 22.6 Å². The highest BCUT2D eigenvalue weighted by Crippen LogP contribution is 2.34. The van der Waals surface area contributed by atoms with Crippen LogP contribution in [0.1, 0.15) is 27.2 Å². The number of rotatable bonds is 5. The Labute approximate surface area is 249 Å². The van der Waals surface area contributed by atoms with Crippen LogP contribution in [0, 0.1) is 6.92 Å². The lowest BCUT2D eigenvalue weighted by Gasteiger charge is -2.11. The van der Waals surface area contributed by atoms with Gasteiger partial charge in [-0.2, -0.15) is 13.2 Å². The number of carbonyl (C=O) groups excluding carboxylic acids is 3. The van der Waals surface area contributed by atoms with Crippen molar-refractivity contribution < 1.29 is 37.3 Å². The van der Waals surface area contributed by atoms with Gasteiger partial charge >= 0.3 is 24.3 Å². The number of benzene rings is 3. The molecule has 0 radical (unpaired) electrons. The lowest BCUT2D eigenvalue weighted by atomic mass is 10.1. The molecule has 14 heteroatoms. The van der Waals surface area contributed by atoms with E-state index in [1.807, 2.05) is 19.0 Å². The van der Waals surface area contributed by atoms with E-state index < -0.39 is 29.8 Å². The molecular weight excluding hydrogens is 600 g/mol. The molecule has 0 saturated heterocycles. The van der Waals surface area contributed by atoms with E-state index in [0.717, 1.165) is 34.4 Å². The smallest absolute Gasteiger partial charge is 0.308 e. The van der Waals surface area contributed by atoms with Crippen LogP contribution in [0.4, 0.5) is 34.1 Å². The van der Waals surface area contributed by atoms with Crippen molar-refractivity contribution in [3.63, 3.8) is 0 Å². The first-order chi connectivity index (χ1) is 19.3. The van der Waals surface area contributed by atoms with E-state index in [9.17, 15) is 27.6 Å². The number of amides is 2. The summed E-state index contributed by atoms with van der Waals surface area (Å²) in [5.41, 5.74) is 1.05. The van der Waals surface area contributed by atoms with E-state index in [4.69, 9.17) is 21.4 Å². The molecule has 0 spiro atoms. The Bertz CT molecular complexity index is 1610. The highest BCUT2D eigenvalue weighted by molar-refractivity contribution is 6.31. The van der Waals surface area contributed by atoms with Crippen LogP contribution in [0.3, 0.4) is 0 Å². The highest BCUT2D eigenvalue weighted by atomic mass is 35.5. The summed E-state index contributed by atoms with van der Waals surface area (Å²) in [6.45, 7) is 2.18. The maximum atomic E-state index is 13.0. The zero-order valence-corrected chi connectivity index (χ0v) is 24.0. The summed E-state index contributed by atoms with van der Waals surface area (Å²) in [5.74, 6) is -0.888. The Hall–Kier alpha value is -4.26. The summed E-state index contributed by atoms with van der Waals surface area (Å²) < 4.78 is 39.5. The Morgan fingerprint density at radius 1 is 0.929 bits per heavy atom. The number of halogens is 5. The molecule has 2 amide bonds. The summed E-state index contributed by atoms with van der Waals surface area (Å²) in [7, 11) is 3.82. The number of fused-ring (bicyclic) bond motifs is 1. The number of aromatic nitrogens is 1. The summed E-state index contributed by atoms with van der Waals surface area (Å²) in [6.07, 6.45) is -5.58. The van der Waals surface area contributed by atoms with Crippen molar-refractivity contribution in [1.29, 1.82) is 0 Å². The van der Waals surface area contributed by atoms with Gasteiger partial charge < -0.3 is 15.5 Å². The van der Waals surface area contributed by atoms with Gasteiger partial charge in [-0.3, -0.25) is 0 Å². The van der Waals surface area contributed by atoms with Crippen LogP contribution in [0.15, 0.2) is 66.7 Å². The van der Waals surface area contributed by atoms with Crippen molar-refractivity contribution in [3.8, 4) is 0 Å². The second kappa shape index (κ2) is 13.1. The normalized spacial score (nSPS) is 11.1. The first kappa shape index (κ1) is 32.3. The van der Waals surface area contributed by atoms with E-state index in [1.165, 1.54) is 25.1 Å². The molecule has 4 rings (SSSR count). The fourth-order valence-corrected chi connectivity index (χ4v) is 4.24. The molecule has 0 aliphatic carbocycles. The van der Waals surface area contributed by atoms with E-state index in [0.29, 0.717) is 17.0 Å². The number of hydrogen-bond acceptors (Lipinski definition) is 6. The average molecular weight is 625 g/mol. The summed E-state index contributed by atoms with van der Waals surface area (Å²) in [6, 6.07) is 14.2. The van der Waals surface area contributed by atoms with Crippen LogP contribution < -0.4 is 10.6 Å². The SMILES string of the molecule is Cc1c(NC(=O)Nc2ccc(C(F)(F)F)cc2)c2cc(Cl)ccc2n1C(=O)OOC(=O)c1ccc(CN(C)C)cc1.Cl. The molecule has 0 aliphatic rings. The van der Waals surface area contributed by atoms with Gasteiger partial charge in [0.25, 0.3) is 0 Å². The van der Waals surface area contributed by atoms with Crippen LogP contribution in [0.5, 0.6) is 0 Å². The van der Waals surface area contributed by atoms with Crippen LogP contribution in [0.2, 0.25) is 5.02 Å². The van der Waals surface area contributed by atoms with E-state index >= 15 is 0 Å². The third-order valence-electron chi connectivity index (χ3n) is 5.93. The molecule has 42 heavy (non-hydrogen) atoms. The number of carbonyl (C=O) groups is 3. The Kier molecular flexibility index (Phi) is 10.1. The first-order valence-corrected chi connectivity index (χ1v) is 12.4. The molecule has 3 aromatic carbocycles. The lowest BCUT2D eigenvalue weighted by molar-refractivity contribution is -0.182. The van der Waals surface area contributed by atoms with E-state index in [2.05, 4.69) is 10.6 Å². The predicted octanol–water partition coefficient (Wildman–Crippen LogP) is 7.51. The second-order valence-electron chi connectivity index (χ2n) is 9.27. The molecule has 0 aliphatic heterocycles. The molecular formula is C28H25Cl2F3N4O5. The minimum absolute atomic E-state index is 0. The van der Waals surface area contributed by atoms with Crippen molar-refractivity contribution in [2.75, 3.05) is 24.7 Å². The number of anilines is 2. The van der Waals surface area contributed by atoms with Gasteiger partial charge in [0.05, 0.1) is 28.0 Å². The first-order valence-electron chi connectivity index (χ1n) is 12.1. The van der Waals surface area contributed by atoms with Crippen LogP contribution in [-0.4, -0.2) is 41.7 Å². The molecule has 4 aromatic rings. The van der Waals surface area contributed by atoms with E-state index in [-0.39, 0.29) is 40.6 Å². The van der Waals surface area contributed by atoms with Gasteiger partial charge in [-0.1, -0.05) is 23.7 Å². The Balaban J connectivity index is 0.00000484. The fraction of sp³-hybridized carbons (Fsp3) is 0.179. The zero-order valence-electron chi connectivity index (χ0n) is 22.4. The predicted molar refractivity (Wildman–Crippen MR) is 154 cm³/mol. The molecule has 0 unspecified atom stereocenters. The maximum absolute atomic E-state index is 13.0. The minimum atomic E-state index is -4.52. The zero-order chi connectivity index (χ0) is 29.9.